The summed E-state index contributed by atoms with van der Waals surface area (Å²) in [7, 11) is 0. The molecule has 144 valence electrons. The largest absolute Gasteiger partial charge is 0.396 e. The molecule has 4 N–H and O–H groups in total. The molecular formula is C21H36O4. The zero-order chi connectivity index (χ0) is 17.8. The molecule has 0 aromatic heterocycles. The number of rotatable bonds is 3. The van der Waals surface area contributed by atoms with Gasteiger partial charge in [-0.2, -0.15) is 0 Å². The van der Waals surface area contributed by atoms with E-state index in [0.717, 1.165) is 44.9 Å². The number of fused-ring (bicyclic) bond motifs is 5. The Balaban J connectivity index is 1.61. The Labute approximate surface area is 151 Å². The van der Waals surface area contributed by atoms with Crippen LogP contribution in [0.15, 0.2) is 0 Å². The molecule has 0 saturated heterocycles. The smallest absolute Gasteiger partial charge is 0.0805 e. The summed E-state index contributed by atoms with van der Waals surface area (Å²) in [6.45, 7) is 2.44. The Morgan fingerprint density at radius 3 is 2.48 bits per heavy atom. The highest BCUT2D eigenvalue weighted by Crippen LogP contribution is 2.67. The van der Waals surface area contributed by atoms with Gasteiger partial charge in [0.05, 0.1) is 18.8 Å². The van der Waals surface area contributed by atoms with Gasteiger partial charge in [-0.05, 0) is 92.8 Å². The second kappa shape index (κ2) is 6.47. The average molecular weight is 353 g/mol. The van der Waals surface area contributed by atoms with Crippen LogP contribution in [0, 0.1) is 40.4 Å². The Kier molecular flexibility index (Phi) is 4.71. The summed E-state index contributed by atoms with van der Waals surface area (Å²) in [6.07, 6.45) is 8.84. The minimum absolute atomic E-state index is 0.0483. The van der Waals surface area contributed by atoms with Crippen molar-refractivity contribution in [3.05, 3.63) is 0 Å². The zero-order valence-electron chi connectivity index (χ0n) is 15.6. The van der Waals surface area contributed by atoms with Gasteiger partial charge in [0, 0.05) is 12.0 Å². The van der Waals surface area contributed by atoms with Crippen LogP contribution in [0.1, 0.15) is 64.7 Å². The molecule has 0 aromatic rings. The first kappa shape index (κ1) is 18.2. The van der Waals surface area contributed by atoms with Gasteiger partial charge in [0.2, 0.25) is 0 Å². The first-order chi connectivity index (χ1) is 12.0. The molecule has 4 heteroatoms. The van der Waals surface area contributed by atoms with Crippen molar-refractivity contribution < 1.29 is 20.4 Å². The lowest BCUT2D eigenvalue weighted by Crippen LogP contribution is -2.56. The quantitative estimate of drug-likeness (QED) is 0.628. The van der Waals surface area contributed by atoms with Gasteiger partial charge in [-0.25, -0.2) is 0 Å². The Bertz CT molecular complexity index is 496. The summed E-state index contributed by atoms with van der Waals surface area (Å²) in [4.78, 5) is 0. The second-order valence-electron chi connectivity index (χ2n) is 9.95. The molecule has 4 saturated carbocycles. The highest BCUT2D eigenvalue weighted by atomic mass is 16.3. The molecule has 4 rings (SSSR count). The van der Waals surface area contributed by atoms with Crippen molar-refractivity contribution in [3.63, 3.8) is 0 Å². The van der Waals surface area contributed by atoms with Gasteiger partial charge in [0.15, 0.2) is 0 Å². The highest BCUT2D eigenvalue weighted by Gasteiger charge is 2.62. The van der Waals surface area contributed by atoms with Gasteiger partial charge in [0.25, 0.3) is 0 Å². The lowest BCUT2D eigenvalue weighted by atomic mass is 9.44. The zero-order valence-corrected chi connectivity index (χ0v) is 15.6. The first-order valence-electron chi connectivity index (χ1n) is 10.5. The van der Waals surface area contributed by atoms with E-state index in [0.29, 0.717) is 29.1 Å². The van der Waals surface area contributed by atoms with E-state index in [1.165, 1.54) is 12.8 Å². The molecule has 4 aliphatic rings. The van der Waals surface area contributed by atoms with Gasteiger partial charge in [-0.1, -0.05) is 6.92 Å². The fraction of sp³-hybridized carbons (Fsp3) is 1.00. The van der Waals surface area contributed by atoms with E-state index in [1.807, 2.05) is 0 Å². The van der Waals surface area contributed by atoms with Crippen molar-refractivity contribution in [2.24, 2.45) is 40.4 Å². The van der Waals surface area contributed by atoms with Gasteiger partial charge in [0.1, 0.15) is 0 Å². The van der Waals surface area contributed by atoms with Crippen LogP contribution in [0.5, 0.6) is 0 Å². The molecule has 0 bridgehead atoms. The Morgan fingerprint density at radius 1 is 0.960 bits per heavy atom. The van der Waals surface area contributed by atoms with Crippen LogP contribution in [0.3, 0.4) is 0 Å². The van der Waals surface area contributed by atoms with Gasteiger partial charge in [-0.3, -0.25) is 0 Å². The maximum Gasteiger partial charge on any atom is 0.0805 e. The van der Waals surface area contributed by atoms with E-state index in [2.05, 4.69) is 6.92 Å². The number of hydrogen-bond acceptors (Lipinski definition) is 4. The van der Waals surface area contributed by atoms with Gasteiger partial charge < -0.3 is 20.4 Å². The molecule has 0 aromatic carbocycles. The summed E-state index contributed by atoms with van der Waals surface area (Å²) in [5, 5.41) is 40.3. The van der Waals surface area contributed by atoms with E-state index < -0.39 is 6.10 Å². The molecule has 4 nitrogen and oxygen atoms in total. The molecule has 4 aliphatic carbocycles. The maximum absolute atomic E-state index is 10.4. The van der Waals surface area contributed by atoms with Crippen LogP contribution in [0.2, 0.25) is 0 Å². The van der Waals surface area contributed by atoms with Crippen LogP contribution in [0.4, 0.5) is 0 Å². The summed E-state index contributed by atoms with van der Waals surface area (Å²) in [6, 6.07) is 0. The molecule has 0 aliphatic heterocycles. The van der Waals surface area contributed by atoms with Crippen LogP contribution in [-0.4, -0.2) is 45.8 Å². The van der Waals surface area contributed by atoms with E-state index in [1.54, 1.807) is 0 Å². The molecule has 0 heterocycles. The molecule has 9 atom stereocenters. The summed E-state index contributed by atoms with van der Waals surface area (Å²) in [5.41, 5.74) is 0.165. The van der Waals surface area contributed by atoms with Crippen molar-refractivity contribution in [1.29, 1.82) is 0 Å². The molecule has 25 heavy (non-hydrogen) atoms. The lowest BCUT2D eigenvalue weighted by Gasteiger charge is -2.61. The summed E-state index contributed by atoms with van der Waals surface area (Å²) < 4.78 is 0. The van der Waals surface area contributed by atoms with Crippen molar-refractivity contribution in [3.8, 4) is 0 Å². The molecular weight excluding hydrogens is 316 g/mol. The van der Waals surface area contributed by atoms with E-state index >= 15 is 0 Å². The Hall–Kier alpha value is -0.160. The van der Waals surface area contributed by atoms with Crippen LogP contribution >= 0.6 is 0 Å². The normalized spacial score (nSPS) is 53.6. The third-order valence-electron chi connectivity index (χ3n) is 9.37. The summed E-state index contributed by atoms with van der Waals surface area (Å²) in [5.74, 6) is 2.54. The van der Waals surface area contributed by atoms with Crippen molar-refractivity contribution in [1.82, 2.24) is 0 Å². The monoisotopic (exact) mass is 352 g/mol. The lowest BCUT2D eigenvalue weighted by molar-refractivity contribution is -0.150. The SMILES string of the molecule is C[C@]12CCC(O)CC1CC[C@H]1[C@@H]3CC[C@H](C(O)CO)[C@@]3(CO)CC[C@@H]12. The van der Waals surface area contributed by atoms with Crippen molar-refractivity contribution in [2.75, 3.05) is 13.2 Å². The van der Waals surface area contributed by atoms with Crippen molar-refractivity contribution in [2.45, 2.75) is 76.9 Å². The third-order valence-corrected chi connectivity index (χ3v) is 9.37. The maximum atomic E-state index is 10.4. The predicted molar refractivity (Wildman–Crippen MR) is 95.7 cm³/mol. The fourth-order valence-corrected chi connectivity index (χ4v) is 8.10. The van der Waals surface area contributed by atoms with E-state index in [9.17, 15) is 20.4 Å². The third kappa shape index (κ3) is 2.55. The molecule has 4 fully saturated rings. The molecule has 0 amide bonds. The van der Waals surface area contributed by atoms with E-state index in [-0.39, 0.29) is 30.7 Å². The molecule has 3 unspecified atom stereocenters. The molecule has 0 spiro atoms. The molecule has 0 radical (unpaired) electrons. The van der Waals surface area contributed by atoms with Crippen LogP contribution < -0.4 is 0 Å². The topological polar surface area (TPSA) is 80.9 Å². The Morgan fingerprint density at radius 2 is 1.76 bits per heavy atom. The second-order valence-corrected chi connectivity index (χ2v) is 9.95. The first-order valence-corrected chi connectivity index (χ1v) is 10.5. The minimum atomic E-state index is -0.689. The predicted octanol–water partition coefficient (Wildman–Crippen LogP) is 2.33. The van der Waals surface area contributed by atoms with Gasteiger partial charge in [-0.15, -0.1) is 0 Å². The number of aliphatic hydroxyl groups is 4. The average Bonchev–Trinajstić information content (AvgIpc) is 3.01. The van der Waals surface area contributed by atoms with Crippen LogP contribution in [0.25, 0.3) is 0 Å². The summed E-state index contributed by atoms with van der Waals surface area (Å²) >= 11 is 0. The van der Waals surface area contributed by atoms with Crippen LogP contribution in [-0.2, 0) is 0 Å². The number of aliphatic hydroxyl groups excluding tert-OH is 4. The van der Waals surface area contributed by atoms with Crippen molar-refractivity contribution >= 4 is 0 Å². The number of hydrogen-bond donors (Lipinski definition) is 4. The standard InChI is InChI=1S/C21H36O4/c1-20-8-6-14(24)10-13(20)2-3-15-16(20)7-9-21(12-23)17(15)4-5-18(21)19(25)11-22/h13-19,22-25H,2-12H2,1H3/t13?,14?,15-,16+,17+,18-,19?,20+,21-/m1/s1. The highest BCUT2D eigenvalue weighted by molar-refractivity contribution is 5.11. The van der Waals surface area contributed by atoms with E-state index in [4.69, 9.17) is 0 Å². The fourth-order valence-electron chi connectivity index (χ4n) is 8.10. The van der Waals surface area contributed by atoms with Gasteiger partial charge >= 0.3 is 0 Å². The minimum Gasteiger partial charge on any atom is -0.396 e.